The second-order valence-electron chi connectivity index (χ2n) is 5.03. The summed E-state index contributed by atoms with van der Waals surface area (Å²) in [7, 11) is 0. The molecule has 6 nitrogen and oxygen atoms in total. The molecular formula is C16H15FN6. The largest absolute Gasteiger partial charge is 0.396 e. The molecule has 1 aromatic carbocycles. The van der Waals surface area contributed by atoms with E-state index in [-0.39, 0.29) is 17.5 Å². The first-order valence-corrected chi connectivity index (χ1v) is 6.79. The van der Waals surface area contributed by atoms with Gasteiger partial charge in [0.15, 0.2) is 0 Å². The van der Waals surface area contributed by atoms with Crippen LogP contribution in [0.1, 0.15) is 0 Å². The van der Waals surface area contributed by atoms with Crippen molar-refractivity contribution in [3.8, 4) is 22.4 Å². The van der Waals surface area contributed by atoms with Gasteiger partial charge in [0.1, 0.15) is 17.5 Å². The molecule has 0 saturated heterocycles. The van der Waals surface area contributed by atoms with Crippen LogP contribution >= 0.6 is 0 Å². The van der Waals surface area contributed by atoms with Crippen molar-refractivity contribution in [2.45, 2.75) is 0 Å². The number of aromatic nitrogens is 2. The molecule has 0 amide bonds. The Kier molecular flexibility index (Phi) is 3.46. The number of rotatable bonds is 2. The molecule has 7 heteroatoms. The number of halogens is 1. The molecule has 116 valence electrons. The van der Waals surface area contributed by atoms with Gasteiger partial charge in [-0.05, 0) is 24.3 Å². The summed E-state index contributed by atoms with van der Waals surface area (Å²) in [4.78, 5) is 8.24. The van der Waals surface area contributed by atoms with E-state index in [4.69, 9.17) is 22.9 Å². The fourth-order valence-corrected chi connectivity index (χ4v) is 2.33. The Labute approximate surface area is 132 Å². The third-order valence-corrected chi connectivity index (χ3v) is 3.49. The van der Waals surface area contributed by atoms with Crippen molar-refractivity contribution in [1.29, 1.82) is 0 Å². The van der Waals surface area contributed by atoms with E-state index in [0.717, 1.165) is 0 Å². The van der Waals surface area contributed by atoms with Gasteiger partial charge in [-0.15, -0.1) is 0 Å². The summed E-state index contributed by atoms with van der Waals surface area (Å²) in [5.74, 6) is -0.0236. The minimum absolute atomic E-state index is 0.161. The van der Waals surface area contributed by atoms with Crippen LogP contribution in [-0.2, 0) is 0 Å². The van der Waals surface area contributed by atoms with Gasteiger partial charge in [0, 0.05) is 22.9 Å². The van der Waals surface area contributed by atoms with E-state index < -0.39 is 0 Å². The number of nitrogens with two attached hydrogens (primary N) is 4. The molecule has 0 fully saturated rings. The van der Waals surface area contributed by atoms with Crippen LogP contribution in [-0.4, -0.2) is 9.97 Å². The number of hydrogen-bond acceptors (Lipinski definition) is 6. The molecule has 3 rings (SSSR count). The van der Waals surface area contributed by atoms with E-state index in [1.165, 1.54) is 18.3 Å². The lowest BCUT2D eigenvalue weighted by Crippen LogP contribution is -2.04. The van der Waals surface area contributed by atoms with Crippen LogP contribution in [0.5, 0.6) is 0 Å². The third-order valence-electron chi connectivity index (χ3n) is 3.49. The van der Waals surface area contributed by atoms with Crippen LogP contribution in [0.2, 0.25) is 0 Å². The van der Waals surface area contributed by atoms with Gasteiger partial charge in [-0.2, -0.15) is 0 Å². The van der Waals surface area contributed by atoms with Crippen LogP contribution in [0.15, 0.2) is 42.6 Å². The summed E-state index contributed by atoms with van der Waals surface area (Å²) in [6.07, 6.45) is 1.53. The molecule has 0 aliphatic carbocycles. The highest BCUT2D eigenvalue weighted by molar-refractivity contribution is 5.92. The summed E-state index contributed by atoms with van der Waals surface area (Å²) in [5.41, 5.74) is 26.3. The van der Waals surface area contributed by atoms with Crippen LogP contribution in [0, 0.1) is 5.82 Å². The maximum absolute atomic E-state index is 13.6. The molecule has 0 bridgehead atoms. The number of anilines is 4. The quantitative estimate of drug-likeness (QED) is 0.574. The zero-order valence-corrected chi connectivity index (χ0v) is 12.1. The van der Waals surface area contributed by atoms with Gasteiger partial charge in [-0.25, -0.2) is 14.4 Å². The lowest BCUT2D eigenvalue weighted by atomic mass is 9.98. The minimum Gasteiger partial charge on any atom is -0.396 e. The average molecular weight is 310 g/mol. The third kappa shape index (κ3) is 2.59. The van der Waals surface area contributed by atoms with Gasteiger partial charge in [0.05, 0.1) is 17.1 Å². The minimum atomic E-state index is -0.382. The SMILES string of the molecule is Nc1cc(-c2ccnc(N)c2N)c(-c2cccc(F)c2)nc1N. The predicted molar refractivity (Wildman–Crippen MR) is 90.5 cm³/mol. The fraction of sp³-hybridized carbons (Fsp3) is 0. The zero-order valence-electron chi connectivity index (χ0n) is 12.1. The molecule has 0 aliphatic heterocycles. The summed E-state index contributed by atoms with van der Waals surface area (Å²) in [6, 6.07) is 9.37. The van der Waals surface area contributed by atoms with Gasteiger partial charge >= 0.3 is 0 Å². The topological polar surface area (TPSA) is 130 Å². The van der Waals surface area contributed by atoms with E-state index in [0.29, 0.717) is 33.8 Å². The first-order valence-electron chi connectivity index (χ1n) is 6.79. The van der Waals surface area contributed by atoms with Gasteiger partial charge in [-0.1, -0.05) is 12.1 Å². The summed E-state index contributed by atoms with van der Waals surface area (Å²) in [5, 5.41) is 0. The van der Waals surface area contributed by atoms with Crippen molar-refractivity contribution in [1.82, 2.24) is 9.97 Å². The Morgan fingerprint density at radius 2 is 1.65 bits per heavy atom. The second kappa shape index (κ2) is 5.45. The van der Waals surface area contributed by atoms with E-state index in [9.17, 15) is 4.39 Å². The molecule has 2 heterocycles. The van der Waals surface area contributed by atoms with Crippen molar-refractivity contribution in [3.63, 3.8) is 0 Å². The standard InChI is InChI=1S/C16H15FN6/c17-9-3-1-2-8(6-9)14-11(7-12(18)15(20)23-14)10-4-5-22-16(21)13(10)19/h1-7H,18-19H2,(H2,20,23)(H2,21,22). The summed E-state index contributed by atoms with van der Waals surface area (Å²) < 4.78 is 13.6. The zero-order chi connectivity index (χ0) is 16.6. The van der Waals surface area contributed by atoms with Crippen LogP contribution < -0.4 is 22.9 Å². The first-order chi connectivity index (χ1) is 11.0. The first kappa shape index (κ1) is 14.6. The van der Waals surface area contributed by atoms with Gasteiger partial charge < -0.3 is 22.9 Å². The van der Waals surface area contributed by atoms with Crippen LogP contribution in [0.4, 0.5) is 27.4 Å². The van der Waals surface area contributed by atoms with Crippen molar-refractivity contribution < 1.29 is 4.39 Å². The Morgan fingerprint density at radius 3 is 2.39 bits per heavy atom. The number of nitrogen functional groups attached to an aromatic ring is 4. The van der Waals surface area contributed by atoms with E-state index >= 15 is 0 Å². The number of hydrogen-bond donors (Lipinski definition) is 4. The molecule has 3 aromatic rings. The predicted octanol–water partition coefficient (Wildman–Crippen LogP) is 2.28. The number of benzene rings is 1. The fourth-order valence-electron chi connectivity index (χ4n) is 2.33. The molecule has 8 N–H and O–H groups in total. The molecular weight excluding hydrogens is 295 g/mol. The second-order valence-corrected chi connectivity index (χ2v) is 5.03. The molecule has 0 saturated carbocycles. The Bertz CT molecular complexity index is 894. The van der Waals surface area contributed by atoms with Crippen LogP contribution in [0.25, 0.3) is 22.4 Å². The highest BCUT2D eigenvalue weighted by Crippen LogP contribution is 2.37. The lowest BCUT2D eigenvalue weighted by molar-refractivity contribution is 0.628. The molecule has 0 aliphatic rings. The Morgan fingerprint density at radius 1 is 0.870 bits per heavy atom. The highest BCUT2D eigenvalue weighted by Gasteiger charge is 2.16. The Balaban J connectivity index is 2.32. The lowest BCUT2D eigenvalue weighted by Gasteiger charge is -2.14. The molecule has 23 heavy (non-hydrogen) atoms. The molecule has 0 unspecified atom stereocenters. The average Bonchev–Trinajstić information content (AvgIpc) is 2.52. The van der Waals surface area contributed by atoms with E-state index in [1.54, 1.807) is 24.3 Å². The highest BCUT2D eigenvalue weighted by atomic mass is 19.1. The number of nitrogens with zero attached hydrogens (tertiary/aromatic N) is 2. The Hall–Kier alpha value is -3.35. The van der Waals surface area contributed by atoms with Gasteiger partial charge in [-0.3, -0.25) is 0 Å². The summed E-state index contributed by atoms with van der Waals surface area (Å²) in [6.45, 7) is 0. The normalized spacial score (nSPS) is 10.7. The van der Waals surface area contributed by atoms with Crippen molar-refractivity contribution in [2.75, 3.05) is 22.9 Å². The molecule has 0 radical (unpaired) electrons. The van der Waals surface area contributed by atoms with Crippen molar-refractivity contribution >= 4 is 23.0 Å². The van der Waals surface area contributed by atoms with Gasteiger partial charge in [0.25, 0.3) is 0 Å². The molecule has 0 spiro atoms. The molecule has 0 atom stereocenters. The van der Waals surface area contributed by atoms with Gasteiger partial charge in [0.2, 0.25) is 0 Å². The maximum atomic E-state index is 13.6. The van der Waals surface area contributed by atoms with Crippen molar-refractivity contribution in [2.24, 2.45) is 0 Å². The van der Waals surface area contributed by atoms with Crippen molar-refractivity contribution in [3.05, 3.63) is 48.4 Å². The van der Waals surface area contributed by atoms with E-state index in [2.05, 4.69) is 9.97 Å². The number of pyridine rings is 2. The maximum Gasteiger partial charge on any atom is 0.147 e. The van der Waals surface area contributed by atoms with E-state index in [1.807, 2.05) is 0 Å². The smallest absolute Gasteiger partial charge is 0.147 e. The monoisotopic (exact) mass is 310 g/mol. The summed E-state index contributed by atoms with van der Waals surface area (Å²) >= 11 is 0. The molecule has 2 aromatic heterocycles. The van der Waals surface area contributed by atoms with Crippen LogP contribution in [0.3, 0.4) is 0 Å².